The van der Waals surface area contributed by atoms with Crippen molar-refractivity contribution in [2.24, 2.45) is 0 Å². The molecule has 146 valence electrons. The predicted octanol–water partition coefficient (Wildman–Crippen LogP) is 2.34. The molecule has 1 aromatic rings. The van der Waals surface area contributed by atoms with Crippen LogP contribution in [0.1, 0.15) is 32.6 Å². The molecule has 0 aromatic heterocycles. The molecule has 0 unspecified atom stereocenters. The van der Waals surface area contributed by atoms with Crippen molar-refractivity contribution in [3.05, 3.63) is 29.3 Å². The maximum atomic E-state index is 12.7. The highest BCUT2D eigenvalue weighted by molar-refractivity contribution is 7.89. The number of benzene rings is 1. The third kappa shape index (κ3) is 5.94. The van der Waals surface area contributed by atoms with Crippen LogP contribution < -0.4 is 5.32 Å². The van der Waals surface area contributed by atoms with E-state index in [0.29, 0.717) is 39.3 Å². The van der Waals surface area contributed by atoms with Gasteiger partial charge < -0.3 is 5.32 Å². The largest absolute Gasteiger partial charge is 0.355 e. The molecule has 0 radical (unpaired) electrons. The Bertz CT molecular complexity index is 689. The van der Waals surface area contributed by atoms with E-state index in [2.05, 4.69) is 12.2 Å². The van der Waals surface area contributed by atoms with Gasteiger partial charge in [-0.25, -0.2) is 8.42 Å². The van der Waals surface area contributed by atoms with Crippen LogP contribution in [0, 0.1) is 0 Å². The average molecular weight is 402 g/mol. The molecule has 1 aliphatic heterocycles. The fourth-order valence-corrected chi connectivity index (χ4v) is 4.88. The second-order valence-electron chi connectivity index (χ2n) is 6.52. The Hall–Kier alpha value is -1.15. The lowest BCUT2D eigenvalue weighted by Crippen LogP contribution is -2.51. The molecule has 1 amide bonds. The van der Waals surface area contributed by atoms with Crippen molar-refractivity contribution < 1.29 is 13.2 Å². The second-order valence-corrected chi connectivity index (χ2v) is 8.83. The minimum absolute atomic E-state index is 0.00362. The number of hydrogen-bond donors (Lipinski definition) is 1. The van der Waals surface area contributed by atoms with Crippen LogP contribution in [-0.2, 0) is 14.8 Å². The van der Waals surface area contributed by atoms with Crippen LogP contribution in [0.25, 0.3) is 0 Å². The Kier molecular flexibility index (Phi) is 8.34. The summed E-state index contributed by atoms with van der Waals surface area (Å²) in [6.45, 7) is 4.96. The van der Waals surface area contributed by atoms with E-state index in [1.54, 1.807) is 18.2 Å². The molecule has 0 atom stereocenters. The number of carbonyl (C=O) groups excluding carboxylic acids is 1. The van der Waals surface area contributed by atoms with Crippen molar-refractivity contribution >= 4 is 27.5 Å². The van der Waals surface area contributed by atoms with E-state index in [1.807, 2.05) is 4.90 Å². The van der Waals surface area contributed by atoms with Crippen LogP contribution in [0.15, 0.2) is 29.2 Å². The number of unbranched alkanes of at least 4 members (excludes halogenated alkanes) is 3. The van der Waals surface area contributed by atoms with E-state index < -0.39 is 10.0 Å². The monoisotopic (exact) mass is 401 g/mol. The van der Waals surface area contributed by atoms with Crippen molar-refractivity contribution in [1.29, 1.82) is 0 Å². The molecule has 0 aliphatic carbocycles. The first-order valence-corrected chi connectivity index (χ1v) is 11.0. The van der Waals surface area contributed by atoms with E-state index in [1.165, 1.54) is 23.2 Å². The van der Waals surface area contributed by atoms with Gasteiger partial charge in [0.15, 0.2) is 0 Å². The van der Waals surface area contributed by atoms with E-state index in [4.69, 9.17) is 11.6 Å². The Labute approximate surface area is 161 Å². The predicted molar refractivity (Wildman–Crippen MR) is 104 cm³/mol. The molecule has 0 bridgehead atoms. The maximum absolute atomic E-state index is 12.7. The molecule has 8 heteroatoms. The Morgan fingerprint density at radius 2 is 1.81 bits per heavy atom. The molecule has 1 fully saturated rings. The summed E-state index contributed by atoms with van der Waals surface area (Å²) in [7, 11) is -3.59. The summed E-state index contributed by atoms with van der Waals surface area (Å²) in [6.07, 6.45) is 4.51. The van der Waals surface area contributed by atoms with Gasteiger partial charge in [0.05, 0.1) is 11.6 Å². The molecular weight excluding hydrogens is 374 g/mol. The summed E-state index contributed by atoms with van der Waals surface area (Å²) in [5.41, 5.74) is 0. The molecule has 2 rings (SSSR count). The molecule has 0 spiro atoms. The van der Waals surface area contributed by atoms with Gasteiger partial charge >= 0.3 is 0 Å². The Morgan fingerprint density at radius 1 is 1.12 bits per heavy atom. The SMILES string of the molecule is CCCCCCNC(=O)CN1CCN(S(=O)(=O)c2ccccc2Cl)CC1. The Morgan fingerprint density at radius 3 is 2.46 bits per heavy atom. The number of piperazine rings is 1. The summed E-state index contributed by atoms with van der Waals surface area (Å²) in [5, 5.41) is 3.17. The van der Waals surface area contributed by atoms with Gasteiger partial charge in [-0.15, -0.1) is 0 Å². The fraction of sp³-hybridized carbons (Fsp3) is 0.611. The van der Waals surface area contributed by atoms with Crippen molar-refractivity contribution in [1.82, 2.24) is 14.5 Å². The van der Waals surface area contributed by atoms with Crippen LogP contribution in [-0.4, -0.2) is 62.8 Å². The highest BCUT2D eigenvalue weighted by Gasteiger charge is 2.30. The van der Waals surface area contributed by atoms with Gasteiger partial charge in [0.25, 0.3) is 0 Å². The normalized spacial score (nSPS) is 16.5. The number of sulfonamides is 1. The summed E-state index contributed by atoms with van der Waals surface area (Å²) in [5.74, 6) is 0.00362. The standard InChI is InChI=1S/C18H28ClN3O3S/c1-2-3-4-7-10-20-18(23)15-21-11-13-22(14-12-21)26(24,25)17-9-6-5-8-16(17)19/h5-6,8-9H,2-4,7,10-15H2,1H3,(H,20,23). The second kappa shape index (κ2) is 10.3. The molecule has 1 aromatic carbocycles. The fourth-order valence-electron chi connectivity index (χ4n) is 2.96. The first-order valence-electron chi connectivity index (χ1n) is 9.19. The third-order valence-corrected chi connectivity index (χ3v) is 6.90. The number of nitrogens with one attached hydrogen (secondary N) is 1. The van der Waals surface area contributed by atoms with Crippen LogP contribution in [0.3, 0.4) is 0 Å². The van der Waals surface area contributed by atoms with Crippen molar-refractivity contribution in [3.8, 4) is 0 Å². The number of halogens is 1. The molecule has 1 N–H and O–H groups in total. The van der Waals surface area contributed by atoms with E-state index >= 15 is 0 Å². The first kappa shape index (κ1) is 21.2. The lowest BCUT2D eigenvalue weighted by molar-refractivity contribution is -0.122. The van der Waals surface area contributed by atoms with Crippen LogP contribution in [0.5, 0.6) is 0 Å². The van der Waals surface area contributed by atoms with Gasteiger partial charge in [-0.3, -0.25) is 9.69 Å². The molecule has 26 heavy (non-hydrogen) atoms. The quantitative estimate of drug-likeness (QED) is 0.645. The first-order chi connectivity index (χ1) is 12.4. The lowest BCUT2D eigenvalue weighted by atomic mass is 10.2. The van der Waals surface area contributed by atoms with Crippen LogP contribution >= 0.6 is 11.6 Å². The molecule has 6 nitrogen and oxygen atoms in total. The Balaban J connectivity index is 1.78. The van der Waals surface area contributed by atoms with Crippen molar-refractivity contribution in [2.75, 3.05) is 39.3 Å². The molecule has 1 saturated heterocycles. The van der Waals surface area contributed by atoms with Crippen molar-refractivity contribution in [2.45, 2.75) is 37.5 Å². The summed E-state index contributed by atoms with van der Waals surface area (Å²) < 4.78 is 26.9. The molecule has 1 aliphatic rings. The zero-order chi connectivity index (χ0) is 19.0. The van der Waals surface area contributed by atoms with E-state index in [9.17, 15) is 13.2 Å². The highest BCUT2D eigenvalue weighted by atomic mass is 35.5. The summed E-state index contributed by atoms with van der Waals surface area (Å²) in [6, 6.07) is 6.48. The van der Waals surface area contributed by atoms with Gasteiger partial charge in [-0.05, 0) is 18.6 Å². The zero-order valence-corrected chi connectivity index (χ0v) is 16.9. The number of hydrogen-bond acceptors (Lipinski definition) is 4. The zero-order valence-electron chi connectivity index (χ0n) is 15.3. The molecular formula is C18H28ClN3O3S. The van der Waals surface area contributed by atoms with Gasteiger partial charge in [-0.2, -0.15) is 4.31 Å². The van der Waals surface area contributed by atoms with Crippen molar-refractivity contribution in [3.63, 3.8) is 0 Å². The van der Waals surface area contributed by atoms with Crippen LogP contribution in [0.4, 0.5) is 0 Å². The maximum Gasteiger partial charge on any atom is 0.244 e. The number of carbonyl (C=O) groups is 1. The lowest BCUT2D eigenvalue weighted by Gasteiger charge is -2.33. The number of nitrogens with zero attached hydrogens (tertiary/aromatic N) is 2. The topological polar surface area (TPSA) is 69.7 Å². The van der Waals surface area contributed by atoms with Crippen LogP contribution in [0.2, 0.25) is 5.02 Å². The number of amides is 1. The van der Waals surface area contributed by atoms with Gasteiger partial charge in [-0.1, -0.05) is 49.9 Å². The minimum atomic E-state index is -3.59. The minimum Gasteiger partial charge on any atom is -0.355 e. The molecule has 1 heterocycles. The van der Waals surface area contributed by atoms with Gasteiger partial charge in [0.1, 0.15) is 4.90 Å². The third-order valence-electron chi connectivity index (χ3n) is 4.51. The summed E-state index contributed by atoms with van der Waals surface area (Å²) in [4.78, 5) is 14.1. The van der Waals surface area contributed by atoms with E-state index in [0.717, 1.165) is 12.8 Å². The summed E-state index contributed by atoms with van der Waals surface area (Å²) >= 11 is 6.04. The average Bonchev–Trinajstić information content (AvgIpc) is 2.62. The smallest absolute Gasteiger partial charge is 0.244 e. The number of rotatable bonds is 9. The highest BCUT2D eigenvalue weighted by Crippen LogP contribution is 2.24. The molecule has 0 saturated carbocycles. The van der Waals surface area contributed by atoms with Gasteiger partial charge in [0.2, 0.25) is 15.9 Å². The van der Waals surface area contributed by atoms with Gasteiger partial charge in [0, 0.05) is 32.7 Å². The van der Waals surface area contributed by atoms with E-state index in [-0.39, 0.29) is 15.8 Å².